The van der Waals surface area contributed by atoms with Gasteiger partial charge in [0.05, 0.1) is 6.04 Å². The Labute approximate surface area is 192 Å². The number of benzene rings is 1. The van der Waals surface area contributed by atoms with Crippen molar-refractivity contribution in [3.05, 3.63) is 75.0 Å². The van der Waals surface area contributed by atoms with Crippen LogP contribution in [0.1, 0.15) is 55.0 Å². The molecule has 2 amide bonds. The molecule has 10 nitrogen and oxygen atoms in total. The number of tetrazole rings is 1. The van der Waals surface area contributed by atoms with Gasteiger partial charge in [0, 0.05) is 23.1 Å². The van der Waals surface area contributed by atoms with E-state index in [1.165, 1.54) is 17.3 Å². The average Bonchev–Trinajstić information content (AvgIpc) is 3.59. The molecular weight excluding hydrogens is 440 g/mol. The zero-order valence-electron chi connectivity index (χ0n) is 17.7. The molecule has 1 aliphatic rings. The van der Waals surface area contributed by atoms with E-state index in [4.69, 9.17) is 0 Å². The summed E-state index contributed by atoms with van der Waals surface area (Å²) < 4.78 is 0. The van der Waals surface area contributed by atoms with Crippen molar-refractivity contribution in [2.45, 2.75) is 32.4 Å². The first-order valence-corrected chi connectivity index (χ1v) is 11.3. The number of nitrogens with zero attached hydrogens (tertiary/aromatic N) is 5. The smallest absolute Gasteiger partial charge is 0.270 e. The van der Waals surface area contributed by atoms with Crippen LogP contribution in [-0.2, 0) is 13.0 Å². The van der Waals surface area contributed by atoms with Crippen molar-refractivity contribution in [3.8, 4) is 11.4 Å². The molecule has 0 fully saturated rings. The van der Waals surface area contributed by atoms with Crippen molar-refractivity contribution in [1.29, 1.82) is 0 Å². The molecule has 5 rings (SSSR count). The van der Waals surface area contributed by atoms with E-state index >= 15 is 0 Å². The van der Waals surface area contributed by atoms with Gasteiger partial charge in [-0.15, -0.1) is 21.5 Å². The number of hydrogen-bond acceptors (Lipinski definition) is 8. The van der Waals surface area contributed by atoms with Crippen LogP contribution >= 0.6 is 11.3 Å². The molecule has 0 aliphatic heterocycles. The van der Waals surface area contributed by atoms with Crippen molar-refractivity contribution in [3.63, 3.8) is 0 Å². The number of carbonyl (C=O) groups is 2. The van der Waals surface area contributed by atoms with Gasteiger partial charge in [0.15, 0.2) is 0 Å². The molecular formula is C22H20N8O2S. The molecule has 3 N–H and O–H groups in total. The van der Waals surface area contributed by atoms with Crippen LogP contribution in [0.4, 0.5) is 0 Å². The molecule has 0 bridgehead atoms. The molecule has 4 aromatic rings. The lowest BCUT2D eigenvalue weighted by molar-refractivity contribution is 0.0931. The fourth-order valence-electron chi connectivity index (χ4n) is 3.89. The number of carbonyl (C=O) groups excluding carboxylic acids is 2. The van der Waals surface area contributed by atoms with E-state index in [0.717, 1.165) is 35.1 Å². The normalized spacial score (nSPS) is 14.6. The minimum Gasteiger partial charge on any atom is -0.347 e. The summed E-state index contributed by atoms with van der Waals surface area (Å²) in [5, 5.41) is 21.9. The number of thiophene rings is 1. The molecule has 0 radical (unpaired) electrons. The van der Waals surface area contributed by atoms with E-state index in [9.17, 15) is 9.59 Å². The number of aromatic nitrogens is 6. The number of nitrogens with one attached hydrogen (secondary N) is 3. The van der Waals surface area contributed by atoms with Gasteiger partial charge < -0.3 is 10.6 Å². The molecule has 0 saturated heterocycles. The van der Waals surface area contributed by atoms with Crippen molar-refractivity contribution in [1.82, 2.24) is 41.2 Å². The van der Waals surface area contributed by atoms with E-state index < -0.39 is 0 Å². The third-order valence-electron chi connectivity index (χ3n) is 5.50. The zero-order chi connectivity index (χ0) is 22.8. The quantitative estimate of drug-likeness (QED) is 0.401. The monoisotopic (exact) mass is 460 g/mol. The summed E-state index contributed by atoms with van der Waals surface area (Å²) in [6, 6.07) is 9.21. The second-order valence-electron chi connectivity index (χ2n) is 7.75. The Kier molecular flexibility index (Phi) is 5.61. The molecule has 3 heterocycles. The van der Waals surface area contributed by atoms with Crippen molar-refractivity contribution in [2.75, 3.05) is 0 Å². The first kappa shape index (κ1) is 20.9. The largest absolute Gasteiger partial charge is 0.347 e. The lowest BCUT2D eigenvalue weighted by Gasteiger charge is -2.14. The van der Waals surface area contributed by atoms with Crippen LogP contribution in [0, 0.1) is 6.92 Å². The van der Waals surface area contributed by atoms with Gasteiger partial charge in [-0.2, -0.15) is 5.21 Å². The number of aryl methyl sites for hydroxylation is 2. The molecule has 1 aromatic carbocycles. The van der Waals surface area contributed by atoms with Gasteiger partial charge in [0.1, 0.15) is 17.7 Å². The molecule has 1 aliphatic carbocycles. The Morgan fingerprint density at radius 3 is 2.76 bits per heavy atom. The molecule has 0 unspecified atom stereocenters. The number of fused-ring (bicyclic) bond motifs is 1. The summed E-state index contributed by atoms with van der Waals surface area (Å²) in [6.07, 6.45) is 2.83. The number of aromatic amines is 1. The summed E-state index contributed by atoms with van der Waals surface area (Å²) in [5.41, 5.74) is 4.39. The van der Waals surface area contributed by atoms with Crippen molar-refractivity contribution < 1.29 is 9.59 Å². The second kappa shape index (κ2) is 8.87. The van der Waals surface area contributed by atoms with Crippen LogP contribution in [0.3, 0.4) is 0 Å². The van der Waals surface area contributed by atoms with Crippen LogP contribution in [0.2, 0.25) is 0 Å². The maximum atomic E-state index is 12.9. The van der Waals surface area contributed by atoms with Gasteiger partial charge in [-0.1, -0.05) is 12.1 Å². The van der Waals surface area contributed by atoms with Gasteiger partial charge in [-0.25, -0.2) is 9.97 Å². The van der Waals surface area contributed by atoms with Crippen LogP contribution in [0.25, 0.3) is 11.4 Å². The highest BCUT2D eigenvalue weighted by Gasteiger charge is 2.26. The molecule has 1 atom stereocenters. The summed E-state index contributed by atoms with van der Waals surface area (Å²) >= 11 is 1.63. The summed E-state index contributed by atoms with van der Waals surface area (Å²) in [4.78, 5) is 34.6. The second-order valence-corrected chi connectivity index (χ2v) is 8.87. The number of hydrogen-bond donors (Lipinski definition) is 3. The number of H-pyrrole nitrogens is 1. The Balaban J connectivity index is 1.25. The molecule has 33 heavy (non-hydrogen) atoms. The Morgan fingerprint density at radius 1 is 1.15 bits per heavy atom. The minimum absolute atomic E-state index is 0.138. The molecule has 11 heteroatoms. The summed E-state index contributed by atoms with van der Waals surface area (Å²) in [7, 11) is 0. The molecule has 0 saturated carbocycles. The first-order valence-electron chi connectivity index (χ1n) is 10.4. The minimum atomic E-state index is -0.351. The number of amides is 2. The van der Waals surface area contributed by atoms with Crippen LogP contribution < -0.4 is 10.6 Å². The third-order valence-corrected chi connectivity index (χ3v) is 6.41. The first-order chi connectivity index (χ1) is 16.1. The predicted octanol–water partition coefficient (Wildman–Crippen LogP) is 2.37. The summed E-state index contributed by atoms with van der Waals surface area (Å²) in [6.45, 7) is 2.42. The molecule has 0 spiro atoms. The Morgan fingerprint density at radius 2 is 2.00 bits per heavy atom. The molecule has 3 aromatic heterocycles. The maximum Gasteiger partial charge on any atom is 0.270 e. The lowest BCUT2D eigenvalue weighted by Crippen LogP contribution is -2.29. The van der Waals surface area contributed by atoms with Gasteiger partial charge in [0.2, 0.25) is 5.82 Å². The SMILES string of the molecule is Cc1cc(CNC(=O)c2cc(C(=O)N[C@@H]3CCc4cc(-c5nn[nH]n5)ccc43)ncn2)cs1. The van der Waals surface area contributed by atoms with E-state index in [-0.39, 0.29) is 29.2 Å². The lowest BCUT2D eigenvalue weighted by atomic mass is 10.0. The fraction of sp³-hybridized carbons (Fsp3) is 0.227. The van der Waals surface area contributed by atoms with E-state index in [2.05, 4.69) is 41.2 Å². The van der Waals surface area contributed by atoms with Crippen molar-refractivity contribution >= 4 is 23.2 Å². The zero-order valence-corrected chi connectivity index (χ0v) is 18.5. The topological polar surface area (TPSA) is 138 Å². The van der Waals surface area contributed by atoms with Crippen LogP contribution in [-0.4, -0.2) is 42.4 Å². The van der Waals surface area contributed by atoms with E-state index in [0.29, 0.717) is 12.4 Å². The highest BCUT2D eigenvalue weighted by Crippen LogP contribution is 2.33. The Hall–Kier alpha value is -3.99. The Bertz CT molecular complexity index is 1320. The standard InChI is InChI=1S/C22H20N8O2S/c1-12-6-13(10-33-12)9-23-21(31)18-8-19(25-11-24-18)22(32)26-17-5-3-14-7-15(2-4-16(14)17)20-27-29-30-28-20/h2,4,6-8,10-11,17H,3,5,9H2,1H3,(H,23,31)(H,26,32)(H,27,28,29,30)/t17-/m1/s1. The summed E-state index contributed by atoms with van der Waals surface area (Å²) in [5.74, 6) is -0.165. The third kappa shape index (κ3) is 4.48. The van der Waals surface area contributed by atoms with E-state index in [1.807, 2.05) is 36.6 Å². The predicted molar refractivity (Wildman–Crippen MR) is 120 cm³/mol. The van der Waals surface area contributed by atoms with E-state index in [1.54, 1.807) is 11.3 Å². The van der Waals surface area contributed by atoms with Crippen molar-refractivity contribution in [2.24, 2.45) is 0 Å². The average molecular weight is 461 g/mol. The van der Waals surface area contributed by atoms with Crippen LogP contribution in [0.15, 0.2) is 42.0 Å². The van der Waals surface area contributed by atoms with Crippen LogP contribution in [0.5, 0.6) is 0 Å². The van der Waals surface area contributed by atoms with Gasteiger partial charge in [-0.05, 0) is 59.2 Å². The highest BCUT2D eigenvalue weighted by atomic mass is 32.1. The van der Waals surface area contributed by atoms with Gasteiger partial charge in [-0.3, -0.25) is 9.59 Å². The fourth-order valence-corrected chi connectivity index (χ4v) is 4.60. The van der Waals surface area contributed by atoms with Gasteiger partial charge in [0.25, 0.3) is 11.8 Å². The highest BCUT2D eigenvalue weighted by molar-refractivity contribution is 7.10. The number of rotatable bonds is 6. The molecule has 166 valence electrons. The maximum absolute atomic E-state index is 12.9. The van der Waals surface area contributed by atoms with Gasteiger partial charge >= 0.3 is 0 Å².